The first kappa shape index (κ1) is 22.7. The number of amides is 1. The van der Waals surface area contributed by atoms with Crippen LogP contribution in [-0.4, -0.2) is 40.3 Å². The molecule has 29 heavy (non-hydrogen) atoms. The SMILES string of the molecule is CC[C@@H](C(=O)NCCc1ccc(OC)cc1)N(c1cc(C)cc(C)c1)S(C)(=O)=O. The smallest absolute Gasteiger partial charge is 0.243 e. The number of hydrogen-bond donors (Lipinski definition) is 1. The molecule has 0 aliphatic heterocycles. The Labute approximate surface area is 173 Å². The van der Waals surface area contributed by atoms with Crippen molar-refractivity contribution in [2.45, 2.75) is 39.7 Å². The topological polar surface area (TPSA) is 75.7 Å². The van der Waals surface area contributed by atoms with Crippen molar-refractivity contribution in [1.29, 1.82) is 0 Å². The molecule has 0 heterocycles. The monoisotopic (exact) mass is 418 g/mol. The average molecular weight is 419 g/mol. The van der Waals surface area contributed by atoms with Crippen LogP contribution in [-0.2, 0) is 21.2 Å². The zero-order valence-electron chi connectivity index (χ0n) is 17.7. The van der Waals surface area contributed by atoms with Crippen LogP contribution in [0.3, 0.4) is 0 Å². The van der Waals surface area contributed by atoms with E-state index < -0.39 is 16.1 Å². The predicted octanol–water partition coefficient (Wildman–Crippen LogP) is 3.22. The van der Waals surface area contributed by atoms with Crippen LogP contribution in [0.2, 0.25) is 0 Å². The highest BCUT2D eigenvalue weighted by Gasteiger charge is 2.31. The molecule has 0 aliphatic carbocycles. The van der Waals surface area contributed by atoms with Gasteiger partial charge in [-0.15, -0.1) is 0 Å². The standard InChI is InChI=1S/C22H30N2O4S/c1-6-21(22(25)23-12-11-18-7-9-20(28-4)10-8-18)24(29(5,26)27)19-14-16(2)13-17(3)15-19/h7-10,13-15,21H,6,11-12H2,1-5H3,(H,23,25)/t21-/m0/s1. The third kappa shape index (κ3) is 6.22. The first-order chi connectivity index (χ1) is 13.7. The maximum absolute atomic E-state index is 12.9. The normalized spacial score (nSPS) is 12.3. The average Bonchev–Trinajstić information content (AvgIpc) is 2.64. The summed E-state index contributed by atoms with van der Waals surface area (Å²) in [5, 5.41) is 2.89. The molecule has 158 valence electrons. The minimum atomic E-state index is -3.63. The number of methoxy groups -OCH3 is 1. The summed E-state index contributed by atoms with van der Waals surface area (Å²) in [6.45, 7) is 6.06. The van der Waals surface area contributed by atoms with Crippen molar-refractivity contribution in [3.8, 4) is 5.75 Å². The van der Waals surface area contributed by atoms with E-state index in [-0.39, 0.29) is 5.91 Å². The van der Waals surface area contributed by atoms with E-state index in [4.69, 9.17) is 4.74 Å². The van der Waals surface area contributed by atoms with Crippen LogP contribution in [0.1, 0.15) is 30.0 Å². The van der Waals surface area contributed by atoms with Gasteiger partial charge in [0.15, 0.2) is 0 Å². The van der Waals surface area contributed by atoms with Gasteiger partial charge in [0, 0.05) is 6.54 Å². The van der Waals surface area contributed by atoms with Crippen LogP contribution in [0.15, 0.2) is 42.5 Å². The number of nitrogens with one attached hydrogen (secondary N) is 1. The highest BCUT2D eigenvalue weighted by Crippen LogP contribution is 2.25. The Morgan fingerprint density at radius 2 is 1.69 bits per heavy atom. The van der Waals surface area contributed by atoms with Crippen LogP contribution in [0, 0.1) is 13.8 Å². The van der Waals surface area contributed by atoms with E-state index in [0.717, 1.165) is 28.7 Å². The third-order valence-corrected chi connectivity index (χ3v) is 5.84. The Bertz CT molecular complexity index is 920. The number of benzene rings is 2. The molecule has 1 atom stereocenters. The molecule has 0 radical (unpaired) electrons. The molecule has 2 aromatic carbocycles. The Morgan fingerprint density at radius 1 is 1.10 bits per heavy atom. The van der Waals surface area contributed by atoms with Gasteiger partial charge in [-0.05, 0) is 67.6 Å². The van der Waals surface area contributed by atoms with Gasteiger partial charge in [0.1, 0.15) is 11.8 Å². The Kier molecular flexibility index (Phi) is 7.67. The Balaban J connectivity index is 2.15. The number of rotatable bonds is 9. The van der Waals surface area contributed by atoms with Gasteiger partial charge >= 0.3 is 0 Å². The highest BCUT2D eigenvalue weighted by molar-refractivity contribution is 7.92. The van der Waals surface area contributed by atoms with Gasteiger partial charge in [-0.1, -0.05) is 25.1 Å². The molecule has 2 rings (SSSR count). The lowest BCUT2D eigenvalue weighted by molar-refractivity contribution is -0.122. The van der Waals surface area contributed by atoms with E-state index in [9.17, 15) is 13.2 Å². The van der Waals surface area contributed by atoms with E-state index in [1.165, 1.54) is 4.31 Å². The molecule has 0 bridgehead atoms. The van der Waals surface area contributed by atoms with Crippen LogP contribution in [0.5, 0.6) is 5.75 Å². The molecular formula is C22H30N2O4S. The van der Waals surface area contributed by atoms with Crippen molar-refractivity contribution in [3.05, 3.63) is 59.2 Å². The summed E-state index contributed by atoms with van der Waals surface area (Å²) in [4.78, 5) is 12.9. The molecule has 1 N–H and O–H groups in total. The first-order valence-electron chi connectivity index (χ1n) is 9.64. The quantitative estimate of drug-likeness (QED) is 0.678. The number of carbonyl (C=O) groups excluding carboxylic acids is 1. The molecule has 0 aliphatic rings. The van der Waals surface area contributed by atoms with Gasteiger partial charge in [-0.3, -0.25) is 9.10 Å². The number of carbonyl (C=O) groups is 1. The lowest BCUT2D eigenvalue weighted by Crippen LogP contribution is -2.49. The van der Waals surface area contributed by atoms with Gasteiger partial charge in [0.05, 0.1) is 19.1 Å². The summed E-state index contributed by atoms with van der Waals surface area (Å²) < 4.78 is 31.5. The van der Waals surface area contributed by atoms with Crippen molar-refractivity contribution >= 4 is 21.6 Å². The van der Waals surface area contributed by atoms with Gasteiger partial charge in [-0.25, -0.2) is 8.42 Å². The van der Waals surface area contributed by atoms with Crippen molar-refractivity contribution in [2.75, 3.05) is 24.2 Å². The van der Waals surface area contributed by atoms with Gasteiger partial charge in [0.2, 0.25) is 15.9 Å². The molecule has 0 unspecified atom stereocenters. The van der Waals surface area contributed by atoms with Crippen LogP contribution in [0.25, 0.3) is 0 Å². The second-order valence-corrected chi connectivity index (χ2v) is 9.08. The maximum Gasteiger partial charge on any atom is 0.243 e. The number of sulfonamides is 1. The number of nitrogens with zero attached hydrogens (tertiary/aromatic N) is 1. The van der Waals surface area contributed by atoms with Crippen molar-refractivity contribution in [2.24, 2.45) is 0 Å². The maximum atomic E-state index is 12.9. The molecule has 7 heteroatoms. The van der Waals surface area contributed by atoms with E-state index >= 15 is 0 Å². The summed E-state index contributed by atoms with van der Waals surface area (Å²) in [7, 11) is -2.02. The summed E-state index contributed by atoms with van der Waals surface area (Å²) in [6.07, 6.45) is 2.15. The molecular weight excluding hydrogens is 388 g/mol. The van der Waals surface area contributed by atoms with E-state index in [0.29, 0.717) is 25.1 Å². The van der Waals surface area contributed by atoms with Crippen molar-refractivity contribution < 1.29 is 17.9 Å². The number of anilines is 1. The molecule has 0 aromatic heterocycles. The minimum Gasteiger partial charge on any atom is -0.497 e. The summed E-state index contributed by atoms with van der Waals surface area (Å²) in [6, 6.07) is 12.4. The zero-order chi connectivity index (χ0) is 21.6. The molecule has 0 saturated heterocycles. The number of ether oxygens (including phenoxy) is 1. The second-order valence-electron chi connectivity index (χ2n) is 7.22. The molecule has 0 fully saturated rings. The Hall–Kier alpha value is -2.54. The van der Waals surface area contributed by atoms with Gasteiger partial charge in [0.25, 0.3) is 0 Å². The molecule has 0 spiro atoms. The van der Waals surface area contributed by atoms with Crippen LogP contribution >= 0.6 is 0 Å². The molecule has 6 nitrogen and oxygen atoms in total. The number of aryl methyl sites for hydroxylation is 2. The van der Waals surface area contributed by atoms with Gasteiger partial charge in [-0.2, -0.15) is 0 Å². The largest absolute Gasteiger partial charge is 0.497 e. The molecule has 0 saturated carbocycles. The molecule has 1 amide bonds. The van der Waals surface area contributed by atoms with Crippen LogP contribution in [0.4, 0.5) is 5.69 Å². The second kappa shape index (κ2) is 9.78. The fraction of sp³-hybridized carbons (Fsp3) is 0.409. The first-order valence-corrected chi connectivity index (χ1v) is 11.5. The lowest BCUT2D eigenvalue weighted by atomic mass is 10.1. The molecule has 2 aromatic rings. The summed E-state index contributed by atoms with van der Waals surface area (Å²) in [5.74, 6) is 0.478. The summed E-state index contributed by atoms with van der Waals surface area (Å²) >= 11 is 0. The van der Waals surface area contributed by atoms with Crippen LogP contribution < -0.4 is 14.4 Å². The predicted molar refractivity (Wildman–Crippen MR) is 117 cm³/mol. The Morgan fingerprint density at radius 3 is 2.17 bits per heavy atom. The highest BCUT2D eigenvalue weighted by atomic mass is 32.2. The van der Waals surface area contributed by atoms with Crippen molar-refractivity contribution in [3.63, 3.8) is 0 Å². The third-order valence-electron chi connectivity index (χ3n) is 4.66. The fourth-order valence-corrected chi connectivity index (χ4v) is 4.57. The van der Waals surface area contributed by atoms with E-state index in [2.05, 4.69) is 5.32 Å². The van der Waals surface area contributed by atoms with E-state index in [1.54, 1.807) is 19.2 Å². The zero-order valence-corrected chi connectivity index (χ0v) is 18.5. The summed E-state index contributed by atoms with van der Waals surface area (Å²) in [5.41, 5.74) is 3.47. The minimum absolute atomic E-state index is 0.300. The van der Waals surface area contributed by atoms with Gasteiger partial charge < -0.3 is 10.1 Å². The van der Waals surface area contributed by atoms with Crippen molar-refractivity contribution in [1.82, 2.24) is 5.32 Å². The van der Waals surface area contributed by atoms with E-state index in [1.807, 2.05) is 51.1 Å². The fourth-order valence-electron chi connectivity index (χ4n) is 3.38. The lowest BCUT2D eigenvalue weighted by Gasteiger charge is -2.30. The number of hydrogen-bond acceptors (Lipinski definition) is 4.